The third-order valence-corrected chi connectivity index (χ3v) is 3.96. The Morgan fingerprint density at radius 2 is 1.63 bits per heavy atom. The Kier molecular flexibility index (Phi) is 4.34. The van der Waals surface area contributed by atoms with Gasteiger partial charge in [0.2, 0.25) is 0 Å². The quantitative estimate of drug-likeness (QED) is 0.523. The average Bonchev–Trinajstić information content (AvgIpc) is 2.81. The molecule has 5 atom stereocenters. The van der Waals surface area contributed by atoms with Gasteiger partial charge in [-0.25, -0.2) is 0 Å². The maximum absolute atomic E-state index is 5.85. The van der Waals surface area contributed by atoms with E-state index in [0.29, 0.717) is 6.61 Å². The second-order valence-corrected chi connectivity index (χ2v) is 6.45. The Morgan fingerprint density at radius 3 is 2.16 bits per heavy atom. The van der Waals surface area contributed by atoms with E-state index >= 15 is 0 Å². The molecular formula is C12H19CuO5S. The summed E-state index contributed by atoms with van der Waals surface area (Å²) in [5.41, 5.74) is 0. The molecule has 114 valence electrons. The smallest absolute Gasteiger partial charge is 0.784 e. The van der Waals surface area contributed by atoms with Crippen molar-refractivity contribution in [1.29, 1.82) is 0 Å². The monoisotopic (exact) mass is 338 g/mol. The van der Waals surface area contributed by atoms with Gasteiger partial charge in [-0.15, -0.1) is 5.25 Å². The van der Waals surface area contributed by atoms with Gasteiger partial charge in [0.25, 0.3) is 0 Å². The maximum atomic E-state index is 5.85. The minimum absolute atomic E-state index is 0. The molecule has 3 aliphatic rings. The van der Waals surface area contributed by atoms with Crippen LogP contribution in [0.1, 0.15) is 27.7 Å². The molecule has 0 aromatic carbocycles. The summed E-state index contributed by atoms with van der Waals surface area (Å²) in [6.07, 6.45) is -0.955. The van der Waals surface area contributed by atoms with Crippen molar-refractivity contribution in [2.45, 2.75) is 69.1 Å². The Morgan fingerprint density at radius 1 is 0.947 bits per heavy atom. The van der Waals surface area contributed by atoms with Crippen LogP contribution >= 0.6 is 0 Å². The van der Waals surface area contributed by atoms with Gasteiger partial charge in [0.15, 0.2) is 17.9 Å². The van der Waals surface area contributed by atoms with Crippen molar-refractivity contribution in [3.8, 4) is 0 Å². The molecule has 7 heteroatoms. The van der Waals surface area contributed by atoms with E-state index in [4.69, 9.17) is 36.3 Å². The van der Waals surface area contributed by atoms with Crippen LogP contribution in [0.25, 0.3) is 0 Å². The summed E-state index contributed by atoms with van der Waals surface area (Å²) in [5.74, 6) is -1.19. The molecule has 5 nitrogen and oxygen atoms in total. The normalized spacial score (nSPS) is 46.9. The molecule has 0 N–H and O–H groups in total. The van der Waals surface area contributed by atoms with Gasteiger partial charge in [-0.3, -0.25) is 0 Å². The second kappa shape index (κ2) is 5.14. The molecule has 0 bridgehead atoms. The molecule has 3 aliphatic heterocycles. The van der Waals surface area contributed by atoms with Crippen molar-refractivity contribution in [2.75, 3.05) is 6.61 Å². The summed E-state index contributed by atoms with van der Waals surface area (Å²) < 4.78 is 28.7. The summed E-state index contributed by atoms with van der Waals surface area (Å²) in [6.45, 7) is 8.00. The predicted molar refractivity (Wildman–Crippen MR) is 64.8 cm³/mol. The fraction of sp³-hybridized carbons (Fsp3) is 1.00. The SMILES string of the molecule is CC1(C)O[C@H]2O[C@H]([C@H]3COC(C)(C)O3)[C@H]([S-])[C@H]2O1.[Cu+]. The van der Waals surface area contributed by atoms with Gasteiger partial charge >= 0.3 is 17.1 Å². The van der Waals surface area contributed by atoms with E-state index in [0.717, 1.165) is 0 Å². The van der Waals surface area contributed by atoms with Gasteiger partial charge in [-0.1, -0.05) is 0 Å². The van der Waals surface area contributed by atoms with Crippen molar-refractivity contribution in [2.24, 2.45) is 0 Å². The van der Waals surface area contributed by atoms with Crippen LogP contribution in [0.3, 0.4) is 0 Å². The zero-order chi connectivity index (χ0) is 13.1. The van der Waals surface area contributed by atoms with Gasteiger partial charge in [0.1, 0.15) is 6.10 Å². The standard InChI is InChI=1S/C12H20O5S.Cu/c1-11(2)13-5-6(15-11)7-9(18)8-10(14-7)17-12(3,4)16-8;/h6-10,18H,5H2,1-4H3;/q;+1/p-1/t6-,7-,8-,9+,10-;/m1./s1. The molecule has 0 spiro atoms. The number of rotatable bonds is 1. The Balaban J connectivity index is 0.00000133. The van der Waals surface area contributed by atoms with Crippen molar-refractivity contribution >= 4 is 12.6 Å². The molecule has 0 unspecified atom stereocenters. The average molecular weight is 339 g/mol. The summed E-state index contributed by atoms with van der Waals surface area (Å²) in [5, 5.41) is -0.181. The summed E-state index contributed by atoms with van der Waals surface area (Å²) in [6, 6.07) is 0. The minimum atomic E-state index is -0.621. The van der Waals surface area contributed by atoms with E-state index in [-0.39, 0.29) is 46.9 Å². The summed E-state index contributed by atoms with van der Waals surface area (Å²) in [7, 11) is 0. The minimum Gasteiger partial charge on any atom is -0.784 e. The number of fused-ring (bicyclic) bond motifs is 1. The molecular weight excluding hydrogens is 320 g/mol. The van der Waals surface area contributed by atoms with Gasteiger partial charge in [-0.05, 0) is 27.7 Å². The topological polar surface area (TPSA) is 46.2 Å². The van der Waals surface area contributed by atoms with Crippen LogP contribution in [0, 0.1) is 0 Å². The zero-order valence-corrected chi connectivity index (χ0v) is 13.1. The zero-order valence-electron chi connectivity index (χ0n) is 11.3. The largest absolute Gasteiger partial charge is 1.00 e. The molecule has 0 aliphatic carbocycles. The Bertz CT molecular complexity index is 351. The maximum Gasteiger partial charge on any atom is 1.00 e. The molecule has 0 aromatic rings. The Hall–Kier alpha value is 0.669. The van der Waals surface area contributed by atoms with Crippen LogP contribution in [0.5, 0.6) is 0 Å². The van der Waals surface area contributed by atoms with E-state index in [1.807, 2.05) is 27.7 Å². The van der Waals surface area contributed by atoms with E-state index < -0.39 is 11.6 Å². The third kappa shape index (κ3) is 2.99. The molecule has 0 aromatic heterocycles. The predicted octanol–water partition coefficient (Wildman–Crippen LogP) is 0.927. The first kappa shape index (κ1) is 16.0. The first-order valence-corrected chi connectivity index (χ1v) is 6.73. The van der Waals surface area contributed by atoms with Crippen molar-refractivity contribution < 1.29 is 40.8 Å². The van der Waals surface area contributed by atoms with Crippen LogP contribution in [0.15, 0.2) is 0 Å². The van der Waals surface area contributed by atoms with Crippen LogP contribution in [0.2, 0.25) is 0 Å². The van der Waals surface area contributed by atoms with E-state index in [2.05, 4.69) is 0 Å². The summed E-state index contributed by atoms with van der Waals surface area (Å²) >= 11 is 5.51. The molecule has 19 heavy (non-hydrogen) atoms. The fourth-order valence-corrected chi connectivity index (χ4v) is 3.10. The van der Waals surface area contributed by atoms with E-state index in [1.54, 1.807) is 0 Å². The molecule has 3 fully saturated rings. The molecule has 3 saturated heterocycles. The van der Waals surface area contributed by atoms with Crippen LogP contribution in [-0.2, 0) is 53.4 Å². The van der Waals surface area contributed by atoms with Gasteiger partial charge in [-0.2, -0.15) is 0 Å². The number of hydrogen-bond donors (Lipinski definition) is 0. The van der Waals surface area contributed by atoms with Crippen molar-refractivity contribution in [3.05, 3.63) is 0 Å². The number of hydrogen-bond acceptors (Lipinski definition) is 6. The Labute approximate surface area is 129 Å². The summed E-state index contributed by atoms with van der Waals surface area (Å²) in [4.78, 5) is 0. The molecule has 3 heterocycles. The van der Waals surface area contributed by atoms with Crippen molar-refractivity contribution in [3.63, 3.8) is 0 Å². The first-order chi connectivity index (χ1) is 8.27. The van der Waals surface area contributed by atoms with Gasteiger partial charge in [0.05, 0.1) is 18.8 Å². The second-order valence-electron chi connectivity index (χ2n) is 5.90. The van der Waals surface area contributed by atoms with Crippen molar-refractivity contribution in [1.82, 2.24) is 0 Å². The van der Waals surface area contributed by atoms with Crippen LogP contribution in [0.4, 0.5) is 0 Å². The first-order valence-electron chi connectivity index (χ1n) is 6.26. The number of ether oxygens (including phenoxy) is 5. The molecule has 3 rings (SSSR count). The van der Waals surface area contributed by atoms with Crippen LogP contribution in [-0.4, -0.2) is 48.0 Å². The fourth-order valence-electron chi connectivity index (χ4n) is 2.68. The molecule has 0 radical (unpaired) electrons. The van der Waals surface area contributed by atoms with E-state index in [1.165, 1.54) is 0 Å². The third-order valence-electron chi connectivity index (χ3n) is 3.42. The van der Waals surface area contributed by atoms with Crippen LogP contribution < -0.4 is 0 Å². The molecule has 0 saturated carbocycles. The molecule has 0 amide bonds. The van der Waals surface area contributed by atoms with Gasteiger partial charge in [0, 0.05) is 0 Å². The van der Waals surface area contributed by atoms with E-state index in [9.17, 15) is 0 Å². The van der Waals surface area contributed by atoms with Gasteiger partial charge < -0.3 is 36.3 Å².